The van der Waals surface area contributed by atoms with E-state index in [0.717, 1.165) is 41.7 Å². The zero-order valence-corrected chi connectivity index (χ0v) is 22.5. The summed E-state index contributed by atoms with van der Waals surface area (Å²) in [6.07, 6.45) is 2.27. The number of nitrogens with two attached hydrogens (primary N) is 1. The molecule has 4 aromatic carbocycles. The number of carboxylic acid groups (broad SMARTS) is 2. The van der Waals surface area contributed by atoms with Crippen molar-refractivity contribution in [1.29, 1.82) is 0 Å². The molecule has 0 saturated heterocycles. The second-order valence-electron chi connectivity index (χ2n) is 10.0. The first-order valence-corrected chi connectivity index (χ1v) is 13.4. The number of hydrogen-bond donors (Lipinski definition) is 3. The zero-order chi connectivity index (χ0) is 29.8. The Morgan fingerprint density at radius 1 is 0.762 bits per heavy atom. The molecule has 9 heteroatoms. The van der Waals surface area contributed by atoms with Gasteiger partial charge in [-0.25, -0.2) is 9.59 Å². The number of nitrogens with zero attached hydrogens (tertiary/aromatic N) is 1. The van der Waals surface area contributed by atoms with E-state index in [-0.39, 0.29) is 12.1 Å². The Hall–Kier alpha value is -5.44. The average Bonchev–Trinajstić information content (AvgIpc) is 2.99. The van der Waals surface area contributed by atoms with Crippen LogP contribution in [0.15, 0.2) is 91.0 Å². The third kappa shape index (κ3) is 5.85. The first-order valence-electron chi connectivity index (χ1n) is 13.4. The summed E-state index contributed by atoms with van der Waals surface area (Å²) in [5.41, 5.74) is 6.33. The second kappa shape index (κ2) is 12.0. The number of ether oxygens (including phenoxy) is 1. The van der Waals surface area contributed by atoms with E-state index >= 15 is 0 Å². The van der Waals surface area contributed by atoms with Crippen molar-refractivity contribution in [3.05, 3.63) is 130 Å². The molecule has 0 heterocycles. The van der Waals surface area contributed by atoms with Crippen molar-refractivity contribution in [1.82, 2.24) is 4.90 Å². The number of benzene rings is 4. The van der Waals surface area contributed by atoms with Gasteiger partial charge in [-0.1, -0.05) is 54.6 Å². The van der Waals surface area contributed by atoms with Crippen molar-refractivity contribution in [2.45, 2.75) is 31.8 Å². The van der Waals surface area contributed by atoms with Gasteiger partial charge in [0.05, 0.1) is 28.3 Å². The molecule has 0 unspecified atom stereocenters. The number of aromatic carboxylic acids is 2. The van der Waals surface area contributed by atoms with Gasteiger partial charge in [-0.05, 0) is 72.4 Å². The van der Waals surface area contributed by atoms with Gasteiger partial charge in [0.25, 0.3) is 5.91 Å². The minimum absolute atomic E-state index is 0.0927. The monoisotopic (exact) mass is 564 g/mol. The van der Waals surface area contributed by atoms with Gasteiger partial charge in [0.15, 0.2) is 0 Å². The molecule has 4 N–H and O–H groups in total. The summed E-state index contributed by atoms with van der Waals surface area (Å²) in [5.74, 6) is -3.57. The summed E-state index contributed by atoms with van der Waals surface area (Å²) in [6, 6.07) is 25.7. The van der Waals surface area contributed by atoms with Crippen LogP contribution >= 0.6 is 0 Å². The van der Waals surface area contributed by atoms with Gasteiger partial charge in [-0.15, -0.1) is 0 Å². The summed E-state index contributed by atoms with van der Waals surface area (Å²) in [7, 11) is 0. The number of para-hydroxylation sites is 1. The molecule has 1 aliphatic rings. The van der Waals surface area contributed by atoms with Crippen molar-refractivity contribution in [3.8, 4) is 11.5 Å². The summed E-state index contributed by atoms with van der Waals surface area (Å²) >= 11 is 0. The Morgan fingerprint density at radius 3 is 2.12 bits per heavy atom. The zero-order valence-electron chi connectivity index (χ0n) is 22.5. The minimum Gasteiger partial charge on any atom is -0.478 e. The lowest BCUT2D eigenvalue weighted by molar-refractivity contribution is 0.0613. The van der Waals surface area contributed by atoms with E-state index in [1.807, 2.05) is 66.7 Å². The fraction of sp³-hybridized carbons (Fsp3) is 0.152. The van der Waals surface area contributed by atoms with Crippen LogP contribution in [0.25, 0.3) is 0 Å². The summed E-state index contributed by atoms with van der Waals surface area (Å²) < 4.78 is 5.99. The summed E-state index contributed by atoms with van der Waals surface area (Å²) in [6.45, 7) is 0.0927. The van der Waals surface area contributed by atoms with Gasteiger partial charge in [-0.3, -0.25) is 9.59 Å². The second-order valence-corrected chi connectivity index (χ2v) is 10.0. The van der Waals surface area contributed by atoms with Crippen molar-refractivity contribution in [2.24, 2.45) is 5.73 Å². The van der Waals surface area contributed by atoms with Gasteiger partial charge in [0.1, 0.15) is 11.5 Å². The first kappa shape index (κ1) is 28.1. The lowest BCUT2D eigenvalue weighted by Crippen LogP contribution is -2.37. The van der Waals surface area contributed by atoms with Crippen LogP contribution in [0.4, 0.5) is 0 Å². The number of carbonyl (C=O) groups excluding carboxylic acids is 2. The lowest BCUT2D eigenvalue weighted by Gasteiger charge is -2.36. The Morgan fingerprint density at radius 2 is 1.40 bits per heavy atom. The Balaban J connectivity index is 1.60. The highest BCUT2D eigenvalue weighted by Crippen LogP contribution is 2.37. The number of rotatable bonds is 9. The minimum atomic E-state index is -1.53. The predicted octanol–water partition coefficient (Wildman–Crippen LogP) is 5.69. The molecule has 212 valence electrons. The number of carbonyl (C=O) groups is 4. The Kier molecular flexibility index (Phi) is 8.01. The highest BCUT2D eigenvalue weighted by molar-refractivity contribution is 6.11. The maximum Gasteiger partial charge on any atom is 0.336 e. The van der Waals surface area contributed by atoms with E-state index in [9.17, 15) is 29.4 Å². The first-order chi connectivity index (χ1) is 20.2. The molecule has 0 saturated carbocycles. The molecule has 0 aromatic heterocycles. The molecule has 0 aliphatic heterocycles. The maximum atomic E-state index is 14.3. The van der Waals surface area contributed by atoms with Crippen molar-refractivity contribution in [2.75, 3.05) is 0 Å². The third-order valence-corrected chi connectivity index (χ3v) is 7.32. The Bertz CT molecular complexity index is 1680. The highest BCUT2D eigenvalue weighted by Gasteiger charge is 2.33. The number of carboxylic acids is 2. The number of aryl methyl sites for hydroxylation is 1. The number of hydrogen-bond acceptors (Lipinski definition) is 5. The van der Waals surface area contributed by atoms with Crippen molar-refractivity contribution in [3.63, 3.8) is 0 Å². The molecule has 1 aliphatic carbocycles. The normalized spacial score (nSPS) is 14.0. The van der Waals surface area contributed by atoms with E-state index < -0.39 is 46.5 Å². The predicted molar refractivity (Wildman–Crippen MR) is 154 cm³/mol. The molecular weight excluding hydrogens is 536 g/mol. The van der Waals surface area contributed by atoms with E-state index in [0.29, 0.717) is 17.9 Å². The van der Waals surface area contributed by atoms with E-state index in [1.165, 1.54) is 0 Å². The molecule has 0 bridgehead atoms. The molecule has 0 radical (unpaired) electrons. The molecule has 2 amide bonds. The number of amides is 2. The van der Waals surface area contributed by atoms with Crippen LogP contribution in [0, 0.1) is 0 Å². The number of fused-ring (bicyclic) bond motifs is 1. The molecule has 0 spiro atoms. The van der Waals surface area contributed by atoms with Crippen molar-refractivity contribution < 1.29 is 34.1 Å². The van der Waals surface area contributed by atoms with Gasteiger partial charge in [0.2, 0.25) is 5.91 Å². The van der Waals surface area contributed by atoms with Crippen LogP contribution in [-0.4, -0.2) is 38.9 Å². The average molecular weight is 565 g/mol. The van der Waals surface area contributed by atoms with E-state index in [2.05, 4.69) is 0 Å². The fourth-order valence-corrected chi connectivity index (χ4v) is 5.39. The molecular formula is C33H28N2O7. The summed E-state index contributed by atoms with van der Waals surface area (Å²) in [4.78, 5) is 52.1. The van der Waals surface area contributed by atoms with Gasteiger partial charge < -0.3 is 25.6 Å². The third-order valence-electron chi connectivity index (χ3n) is 7.32. The molecule has 4 aromatic rings. The quantitative estimate of drug-likeness (QED) is 0.236. The van der Waals surface area contributed by atoms with E-state index in [1.54, 1.807) is 17.0 Å². The Labute approximate surface area is 241 Å². The molecule has 5 rings (SSSR count). The van der Waals surface area contributed by atoms with E-state index in [4.69, 9.17) is 10.5 Å². The van der Waals surface area contributed by atoms with Crippen molar-refractivity contribution >= 4 is 23.8 Å². The maximum absolute atomic E-state index is 14.3. The SMILES string of the molecule is NC(=O)c1cc(C(=O)N(Cc2cccc(Oc3ccccc3)c2)[C@H]2CCCc3ccccc32)c(C(=O)O)cc1C(=O)O. The fourth-order valence-electron chi connectivity index (χ4n) is 5.39. The molecule has 0 fully saturated rings. The van der Waals surface area contributed by atoms with Gasteiger partial charge in [0, 0.05) is 6.54 Å². The summed E-state index contributed by atoms with van der Waals surface area (Å²) in [5, 5.41) is 19.6. The topological polar surface area (TPSA) is 147 Å². The van der Waals surface area contributed by atoms with Gasteiger partial charge in [-0.2, -0.15) is 0 Å². The van der Waals surface area contributed by atoms with Crippen LogP contribution in [0.2, 0.25) is 0 Å². The smallest absolute Gasteiger partial charge is 0.336 e. The van der Waals surface area contributed by atoms with Crippen LogP contribution in [-0.2, 0) is 13.0 Å². The van der Waals surface area contributed by atoms with Crippen LogP contribution < -0.4 is 10.5 Å². The number of primary amides is 1. The van der Waals surface area contributed by atoms with Crippen LogP contribution in [0.3, 0.4) is 0 Å². The standard InChI is InChI=1S/C33H28N2O7/c34-30(36)25-17-26(28(33(40)41)18-27(25)32(38)39)31(37)35(29-15-7-10-21-9-4-5-14-24(21)29)19-20-8-6-13-23(16-20)42-22-11-2-1-3-12-22/h1-6,8-9,11-14,16-18,29H,7,10,15,19H2,(H2,34,36)(H,38,39)(H,40,41)/t29-/m0/s1. The molecule has 42 heavy (non-hydrogen) atoms. The molecule has 1 atom stereocenters. The van der Waals surface area contributed by atoms with Gasteiger partial charge >= 0.3 is 11.9 Å². The lowest BCUT2D eigenvalue weighted by atomic mass is 9.86. The van der Waals surface area contributed by atoms with Crippen LogP contribution in [0.5, 0.6) is 11.5 Å². The van der Waals surface area contributed by atoms with Crippen LogP contribution in [0.1, 0.15) is 77.0 Å². The highest BCUT2D eigenvalue weighted by atomic mass is 16.5. The largest absolute Gasteiger partial charge is 0.478 e. The molecule has 9 nitrogen and oxygen atoms in total.